The molecule has 0 saturated carbocycles. The highest BCUT2D eigenvalue weighted by Gasteiger charge is 2.06. The Bertz CT molecular complexity index is 440. The van der Waals surface area contributed by atoms with E-state index in [1.807, 2.05) is 40.8 Å². The van der Waals surface area contributed by atoms with Gasteiger partial charge in [0.05, 0.1) is 10.2 Å². The molecule has 2 rings (SSSR count). The van der Waals surface area contributed by atoms with Gasteiger partial charge in [-0.3, -0.25) is 0 Å². The zero-order chi connectivity index (χ0) is 12.7. The van der Waals surface area contributed by atoms with E-state index in [9.17, 15) is 0 Å². The van der Waals surface area contributed by atoms with E-state index in [-0.39, 0.29) is 0 Å². The lowest BCUT2D eigenvalue weighted by Crippen LogP contribution is -1.88. The van der Waals surface area contributed by atoms with Crippen LogP contribution < -0.4 is 0 Å². The average molecular weight is 307 g/mol. The second kappa shape index (κ2) is 7.63. The molecule has 0 aromatic carbocycles. The van der Waals surface area contributed by atoms with Crippen molar-refractivity contribution in [3.63, 3.8) is 0 Å². The molecule has 0 bridgehead atoms. The van der Waals surface area contributed by atoms with Gasteiger partial charge in [-0.1, -0.05) is 39.3 Å². The van der Waals surface area contributed by atoms with Crippen molar-refractivity contribution in [1.82, 2.24) is 14.6 Å². The van der Waals surface area contributed by atoms with Gasteiger partial charge >= 0.3 is 0 Å². The van der Waals surface area contributed by atoms with Gasteiger partial charge in [0.2, 0.25) is 0 Å². The predicted octanol–water partition coefficient (Wildman–Crippen LogP) is 4.51. The fourth-order valence-corrected chi connectivity index (χ4v) is 1.46. The Morgan fingerprint density at radius 2 is 1.81 bits per heavy atom. The number of nitrogens with zero attached hydrogens (tertiary/aromatic N) is 3. The number of aryl methyl sites for hydroxylation is 1. The fourth-order valence-electron chi connectivity index (χ4n) is 0.994. The minimum absolute atomic E-state index is 0.613. The van der Waals surface area contributed by atoms with E-state index in [0.717, 1.165) is 10.2 Å². The summed E-state index contributed by atoms with van der Waals surface area (Å²) in [7, 11) is 0. The van der Waals surface area contributed by atoms with Gasteiger partial charge in [0.15, 0.2) is 5.65 Å². The first kappa shape index (κ1) is 15.4. The molecule has 0 unspecified atom stereocenters. The van der Waals surface area contributed by atoms with E-state index in [1.165, 1.54) is 0 Å². The summed E-state index contributed by atoms with van der Waals surface area (Å²) in [5, 5.41) is 4.78. The van der Waals surface area contributed by atoms with Gasteiger partial charge in [0.1, 0.15) is 5.02 Å². The molecule has 0 fully saturated rings. The molecule has 0 saturated heterocycles. The van der Waals surface area contributed by atoms with Crippen LogP contribution in [0.5, 0.6) is 0 Å². The van der Waals surface area contributed by atoms with E-state index in [1.54, 1.807) is 10.7 Å². The summed E-state index contributed by atoms with van der Waals surface area (Å²) in [6.45, 7) is 9.85. The third-order valence-electron chi connectivity index (χ3n) is 1.54. The molecule has 90 valence electrons. The highest BCUT2D eigenvalue weighted by atomic mass is 79.9. The lowest BCUT2D eigenvalue weighted by atomic mass is 10.5. The van der Waals surface area contributed by atoms with Crippen molar-refractivity contribution in [2.45, 2.75) is 34.6 Å². The second-order valence-electron chi connectivity index (χ2n) is 2.44. The molecule has 0 atom stereocenters. The van der Waals surface area contributed by atoms with Crippen molar-refractivity contribution in [2.75, 3.05) is 0 Å². The van der Waals surface area contributed by atoms with Gasteiger partial charge in [-0.15, -0.1) is 0 Å². The van der Waals surface area contributed by atoms with E-state index < -0.39 is 0 Å². The number of rotatable bonds is 0. The van der Waals surface area contributed by atoms with Gasteiger partial charge in [0.25, 0.3) is 0 Å². The van der Waals surface area contributed by atoms with Crippen molar-refractivity contribution < 1.29 is 0 Å². The molecule has 0 radical (unpaired) electrons. The van der Waals surface area contributed by atoms with Gasteiger partial charge < -0.3 is 0 Å². The summed E-state index contributed by atoms with van der Waals surface area (Å²) in [6.07, 6.45) is 3.52. The molecule has 3 nitrogen and oxygen atoms in total. The topological polar surface area (TPSA) is 30.2 Å². The standard InChI is InChI=1S/C7H5BrClN3.2C2H6/c1-4-6(9)7-10-2-5(8)3-12(7)11-4;2*1-2/h2-3H,1H3;2*1-2H3. The average Bonchev–Trinajstić information content (AvgIpc) is 2.60. The first-order valence-corrected chi connectivity index (χ1v) is 6.51. The lowest BCUT2D eigenvalue weighted by molar-refractivity contribution is 0.912. The summed E-state index contributed by atoms with van der Waals surface area (Å²) in [4.78, 5) is 4.12. The molecule has 0 aliphatic heterocycles. The molecule has 0 spiro atoms. The Kier molecular flexibility index (Phi) is 7.34. The maximum absolute atomic E-state index is 5.93. The van der Waals surface area contributed by atoms with Crippen molar-refractivity contribution in [1.29, 1.82) is 0 Å². The van der Waals surface area contributed by atoms with Crippen molar-refractivity contribution in [2.24, 2.45) is 0 Å². The van der Waals surface area contributed by atoms with E-state index in [2.05, 4.69) is 26.0 Å². The highest BCUT2D eigenvalue weighted by Crippen LogP contribution is 2.20. The third kappa shape index (κ3) is 3.46. The summed E-state index contributed by atoms with van der Waals surface area (Å²) < 4.78 is 2.54. The van der Waals surface area contributed by atoms with Crippen molar-refractivity contribution >= 4 is 33.2 Å². The Hall–Kier alpha value is -0.610. The van der Waals surface area contributed by atoms with E-state index in [4.69, 9.17) is 11.6 Å². The summed E-state index contributed by atoms with van der Waals surface area (Å²) in [5.74, 6) is 0. The largest absolute Gasteiger partial charge is 0.235 e. The summed E-state index contributed by atoms with van der Waals surface area (Å²) in [6, 6.07) is 0. The predicted molar refractivity (Wildman–Crippen MR) is 73.1 cm³/mol. The van der Waals surface area contributed by atoms with Crippen LogP contribution in [0.15, 0.2) is 16.9 Å². The van der Waals surface area contributed by atoms with Crippen LogP contribution in [-0.4, -0.2) is 14.6 Å². The first-order valence-electron chi connectivity index (χ1n) is 5.34. The molecule has 5 heteroatoms. The van der Waals surface area contributed by atoms with E-state index >= 15 is 0 Å². The van der Waals surface area contributed by atoms with Crippen LogP contribution in [0, 0.1) is 6.92 Å². The maximum Gasteiger partial charge on any atom is 0.174 e. The van der Waals surface area contributed by atoms with Crippen molar-refractivity contribution in [3.05, 3.63) is 27.6 Å². The van der Waals surface area contributed by atoms with Gasteiger partial charge in [-0.05, 0) is 22.9 Å². The number of fused-ring (bicyclic) bond motifs is 1. The Morgan fingerprint density at radius 1 is 1.25 bits per heavy atom. The van der Waals surface area contributed by atoms with Gasteiger partial charge in [0, 0.05) is 12.4 Å². The van der Waals surface area contributed by atoms with Crippen LogP contribution in [0.1, 0.15) is 33.4 Å². The quantitative estimate of drug-likeness (QED) is 0.717. The van der Waals surface area contributed by atoms with Crippen LogP contribution in [0.3, 0.4) is 0 Å². The lowest BCUT2D eigenvalue weighted by Gasteiger charge is -1.91. The monoisotopic (exact) mass is 305 g/mol. The molecule has 2 aromatic rings. The Labute approximate surface area is 110 Å². The van der Waals surface area contributed by atoms with Crippen LogP contribution in [0.25, 0.3) is 5.65 Å². The van der Waals surface area contributed by atoms with Gasteiger partial charge in [-0.2, -0.15) is 5.10 Å². The fraction of sp³-hybridized carbons (Fsp3) is 0.455. The molecule has 0 amide bonds. The van der Waals surface area contributed by atoms with Crippen LogP contribution in [0.4, 0.5) is 0 Å². The highest BCUT2D eigenvalue weighted by molar-refractivity contribution is 9.10. The minimum Gasteiger partial charge on any atom is -0.235 e. The molecule has 2 aromatic heterocycles. The number of hydrogen-bond donors (Lipinski definition) is 0. The molecule has 16 heavy (non-hydrogen) atoms. The van der Waals surface area contributed by atoms with Crippen LogP contribution in [0.2, 0.25) is 5.02 Å². The molecular weight excluding hydrogens is 289 g/mol. The zero-order valence-electron chi connectivity index (χ0n) is 10.3. The normalized spacial score (nSPS) is 8.94. The molecular formula is C11H17BrClN3. The van der Waals surface area contributed by atoms with Crippen molar-refractivity contribution in [3.8, 4) is 0 Å². The first-order chi connectivity index (χ1) is 7.68. The van der Waals surface area contributed by atoms with Crippen LogP contribution >= 0.6 is 27.5 Å². The number of halogens is 2. The smallest absolute Gasteiger partial charge is 0.174 e. The molecule has 0 aliphatic carbocycles. The molecule has 0 aliphatic rings. The summed E-state index contributed by atoms with van der Waals surface area (Å²) >= 11 is 9.23. The minimum atomic E-state index is 0.613. The van der Waals surface area contributed by atoms with Crippen LogP contribution in [-0.2, 0) is 0 Å². The second-order valence-corrected chi connectivity index (χ2v) is 3.73. The Morgan fingerprint density at radius 3 is 2.38 bits per heavy atom. The third-order valence-corrected chi connectivity index (χ3v) is 2.40. The number of aromatic nitrogens is 3. The molecule has 2 heterocycles. The summed E-state index contributed by atoms with van der Waals surface area (Å²) in [5.41, 5.74) is 1.49. The van der Waals surface area contributed by atoms with E-state index in [0.29, 0.717) is 10.7 Å². The zero-order valence-corrected chi connectivity index (χ0v) is 12.6. The number of hydrogen-bond acceptors (Lipinski definition) is 2. The maximum atomic E-state index is 5.93. The Balaban J connectivity index is 0.000000509. The SMILES string of the molecule is CC.CC.Cc1nn2cc(Br)cnc2c1Cl. The molecule has 0 N–H and O–H groups in total. The van der Waals surface area contributed by atoms with Gasteiger partial charge in [-0.25, -0.2) is 9.50 Å².